The third-order valence-corrected chi connectivity index (χ3v) is 9.40. The number of benzene rings is 1. The number of hydrogen-bond donors (Lipinski definition) is 2. The molecule has 22 heteroatoms. The Morgan fingerprint density at radius 3 is 1.77 bits per heavy atom. The van der Waals surface area contributed by atoms with Crippen LogP contribution in [0.4, 0.5) is 39.5 Å². The minimum absolute atomic E-state index is 0.0631. The molecule has 39 heavy (non-hydrogen) atoms. The molecule has 0 saturated carbocycles. The van der Waals surface area contributed by atoms with Crippen LogP contribution >= 0.6 is 0 Å². The SMILES string of the molecule is CCC(C)C(=O)NCCc1ccc(OS(=O)(=O)C(F)(F)C(F)(F)C(F)(F)S(=O)(=O)NS(=O)(=O)C(F)(F)F)cc1. The van der Waals surface area contributed by atoms with Crippen molar-refractivity contribution >= 4 is 36.1 Å². The van der Waals surface area contributed by atoms with Crippen molar-refractivity contribution in [3.8, 4) is 5.75 Å². The van der Waals surface area contributed by atoms with Crippen LogP contribution in [0.2, 0.25) is 0 Å². The smallest absolute Gasteiger partial charge is 0.378 e. The van der Waals surface area contributed by atoms with Crippen LogP contribution in [0.5, 0.6) is 5.75 Å². The fourth-order valence-corrected chi connectivity index (χ4v) is 5.71. The summed E-state index contributed by atoms with van der Waals surface area (Å²) in [6.07, 6.45) is 0.637. The number of alkyl halides is 9. The van der Waals surface area contributed by atoms with Gasteiger partial charge in [-0.05, 0) is 30.5 Å². The van der Waals surface area contributed by atoms with E-state index >= 15 is 0 Å². The fraction of sp³-hybridized carbons (Fsp3) is 0.588. The molecular weight excluding hydrogens is 627 g/mol. The number of sulfonamides is 2. The zero-order valence-corrected chi connectivity index (χ0v) is 21.8. The molecule has 0 bridgehead atoms. The number of hydrogen-bond acceptors (Lipinski definition) is 8. The van der Waals surface area contributed by atoms with Gasteiger partial charge in [-0.2, -0.15) is 47.9 Å². The Labute approximate surface area is 216 Å². The second kappa shape index (κ2) is 11.3. The van der Waals surface area contributed by atoms with Crippen LogP contribution in [0.25, 0.3) is 0 Å². The second-order valence-electron chi connectivity index (χ2n) is 7.68. The molecule has 10 nitrogen and oxygen atoms in total. The number of carbonyl (C=O) groups is 1. The summed E-state index contributed by atoms with van der Waals surface area (Å²) in [5.74, 6) is -9.35. The first-order chi connectivity index (χ1) is 17.3. The molecule has 0 fully saturated rings. The normalized spacial score (nSPS) is 15.1. The molecule has 2 N–H and O–H groups in total. The highest BCUT2D eigenvalue weighted by Gasteiger charge is 2.83. The van der Waals surface area contributed by atoms with E-state index in [0.29, 0.717) is 24.1 Å². The van der Waals surface area contributed by atoms with Gasteiger partial charge in [-0.3, -0.25) is 4.79 Å². The van der Waals surface area contributed by atoms with Gasteiger partial charge in [0.15, 0.2) is 0 Å². The molecule has 226 valence electrons. The van der Waals surface area contributed by atoms with E-state index in [2.05, 4.69) is 9.50 Å². The highest BCUT2D eigenvalue weighted by molar-refractivity contribution is 8.05. The van der Waals surface area contributed by atoms with E-state index in [9.17, 15) is 69.6 Å². The van der Waals surface area contributed by atoms with Gasteiger partial charge < -0.3 is 9.50 Å². The molecule has 0 radical (unpaired) electrons. The lowest BCUT2D eigenvalue weighted by molar-refractivity contribution is -0.245. The number of halogens is 9. The number of nitrogens with one attached hydrogen (secondary N) is 2. The molecule has 0 saturated heterocycles. The third kappa shape index (κ3) is 7.06. The van der Waals surface area contributed by atoms with Crippen molar-refractivity contribution in [3.05, 3.63) is 29.8 Å². The van der Waals surface area contributed by atoms with E-state index in [1.807, 2.05) is 0 Å². The Morgan fingerprint density at radius 1 is 0.846 bits per heavy atom. The molecule has 1 amide bonds. The van der Waals surface area contributed by atoms with Crippen molar-refractivity contribution in [3.63, 3.8) is 0 Å². The second-order valence-corrected chi connectivity index (χ2v) is 12.9. The summed E-state index contributed by atoms with van der Waals surface area (Å²) in [5, 5.41) is -12.1. The first kappa shape index (κ1) is 34.7. The Morgan fingerprint density at radius 2 is 1.33 bits per heavy atom. The van der Waals surface area contributed by atoms with Crippen molar-refractivity contribution in [1.29, 1.82) is 0 Å². The lowest BCUT2D eigenvalue weighted by atomic mass is 10.1. The Hall–Kier alpha value is -2.33. The van der Waals surface area contributed by atoms with Gasteiger partial charge in [0.05, 0.1) is 0 Å². The summed E-state index contributed by atoms with van der Waals surface area (Å²) >= 11 is 0. The minimum Gasteiger partial charge on any atom is -0.378 e. The van der Waals surface area contributed by atoms with Crippen LogP contribution in [0, 0.1) is 5.92 Å². The van der Waals surface area contributed by atoms with Gasteiger partial charge in [-0.25, -0.2) is 16.8 Å². The highest BCUT2D eigenvalue weighted by atomic mass is 32.3. The van der Waals surface area contributed by atoms with Crippen LogP contribution in [-0.2, 0) is 41.4 Å². The topological polar surface area (TPSA) is 153 Å². The van der Waals surface area contributed by atoms with Gasteiger partial charge in [0.1, 0.15) is 5.75 Å². The molecule has 0 aliphatic rings. The van der Waals surface area contributed by atoms with E-state index in [4.69, 9.17) is 0 Å². The zero-order chi connectivity index (χ0) is 30.9. The Balaban J connectivity index is 3.18. The van der Waals surface area contributed by atoms with Crippen molar-refractivity contribution < 1.29 is 73.7 Å². The van der Waals surface area contributed by atoms with Crippen molar-refractivity contribution in [2.45, 2.75) is 48.6 Å². The molecule has 1 aromatic carbocycles. The van der Waals surface area contributed by atoms with Crippen molar-refractivity contribution in [2.75, 3.05) is 6.54 Å². The standard InChI is InChI=1S/C17H19F9N2O8S3/c1-3-10(2)13(29)27-9-8-11-4-6-12(7-5-11)36-39(34,35)16(22,23)14(18,19)15(20,21)37(30,31)28-38(32,33)17(24,25)26/h4-7,10,28H,3,8-9H2,1-2H3,(H,27,29). The molecule has 1 rings (SSSR count). The van der Waals surface area contributed by atoms with Crippen LogP contribution in [0.3, 0.4) is 0 Å². The van der Waals surface area contributed by atoms with E-state index < -0.39 is 62.0 Å². The summed E-state index contributed by atoms with van der Waals surface area (Å²) in [6, 6.07) is 3.21. The van der Waals surface area contributed by atoms with Crippen molar-refractivity contribution in [2.24, 2.45) is 5.92 Å². The molecule has 0 aliphatic heterocycles. The van der Waals surface area contributed by atoms with Crippen LogP contribution in [0.1, 0.15) is 25.8 Å². The first-order valence-electron chi connectivity index (χ1n) is 10.1. The maximum absolute atomic E-state index is 14.1. The summed E-state index contributed by atoms with van der Waals surface area (Å²) in [6.45, 7) is 3.47. The van der Waals surface area contributed by atoms with Crippen LogP contribution in [0.15, 0.2) is 24.3 Å². The van der Waals surface area contributed by atoms with E-state index in [-0.39, 0.29) is 24.8 Å². The van der Waals surface area contributed by atoms with Crippen LogP contribution in [-0.4, -0.2) is 59.6 Å². The average Bonchev–Trinajstić information content (AvgIpc) is 2.77. The van der Waals surface area contributed by atoms with Gasteiger partial charge in [0.2, 0.25) is 5.91 Å². The first-order valence-corrected chi connectivity index (χ1v) is 14.4. The molecular formula is C17H19F9N2O8S3. The molecule has 0 aliphatic carbocycles. The quantitative estimate of drug-likeness (QED) is 0.245. The van der Waals surface area contributed by atoms with Crippen LogP contribution < -0.4 is 13.6 Å². The van der Waals surface area contributed by atoms with Gasteiger partial charge in [0.25, 0.3) is 10.0 Å². The number of amides is 1. The average molecular weight is 647 g/mol. The molecule has 0 aromatic heterocycles. The molecule has 1 aromatic rings. The van der Waals surface area contributed by atoms with E-state index in [1.54, 1.807) is 13.8 Å². The zero-order valence-electron chi connectivity index (χ0n) is 19.4. The van der Waals surface area contributed by atoms with Gasteiger partial charge in [-0.15, -0.1) is 0 Å². The fourth-order valence-electron chi connectivity index (χ4n) is 2.32. The highest BCUT2D eigenvalue weighted by Crippen LogP contribution is 2.51. The number of rotatable bonds is 13. The summed E-state index contributed by atoms with van der Waals surface area (Å²) < 4.78 is 191. The molecule has 0 spiro atoms. The van der Waals surface area contributed by atoms with Gasteiger partial charge >= 0.3 is 42.1 Å². The summed E-state index contributed by atoms with van der Waals surface area (Å²) in [4.78, 5) is 11.7. The van der Waals surface area contributed by atoms with Gasteiger partial charge in [0, 0.05) is 12.5 Å². The predicted octanol–water partition coefficient (Wildman–Crippen LogP) is 2.69. The Bertz CT molecular complexity index is 1360. The lowest BCUT2D eigenvalue weighted by Gasteiger charge is -2.31. The predicted molar refractivity (Wildman–Crippen MR) is 114 cm³/mol. The monoisotopic (exact) mass is 646 g/mol. The molecule has 1 atom stereocenters. The van der Waals surface area contributed by atoms with E-state index in [1.165, 1.54) is 0 Å². The molecule has 0 heterocycles. The van der Waals surface area contributed by atoms with Crippen molar-refractivity contribution in [1.82, 2.24) is 9.44 Å². The Kier molecular flexibility index (Phi) is 10.0. The van der Waals surface area contributed by atoms with E-state index in [0.717, 1.165) is 12.1 Å². The number of carbonyl (C=O) groups excluding carboxylic acids is 1. The molecule has 1 unspecified atom stereocenters. The maximum atomic E-state index is 14.1. The minimum atomic E-state index is -7.87. The van der Waals surface area contributed by atoms with Gasteiger partial charge in [-0.1, -0.05) is 30.1 Å². The summed E-state index contributed by atoms with van der Waals surface area (Å²) in [5.41, 5.74) is -6.36. The summed E-state index contributed by atoms with van der Waals surface area (Å²) in [7, 11) is -22.4. The third-order valence-electron chi connectivity index (χ3n) is 4.81. The maximum Gasteiger partial charge on any atom is 0.512 e. The largest absolute Gasteiger partial charge is 0.512 e. The lowest BCUT2D eigenvalue weighted by Crippen LogP contribution is -2.64.